The van der Waals surface area contributed by atoms with Gasteiger partial charge >= 0.3 is 0 Å². The first-order valence-corrected chi connectivity index (χ1v) is 11.2. The molecule has 0 saturated carbocycles. The second-order valence-corrected chi connectivity index (χ2v) is 7.58. The molecule has 166 valence electrons. The van der Waals surface area contributed by atoms with Crippen molar-refractivity contribution < 1.29 is 14.3 Å². The van der Waals surface area contributed by atoms with Crippen molar-refractivity contribution in [3.05, 3.63) is 53.9 Å². The van der Waals surface area contributed by atoms with Crippen LogP contribution in [-0.2, 0) is 22.8 Å². The van der Waals surface area contributed by atoms with Gasteiger partial charge in [0.1, 0.15) is 11.4 Å². The van der Waals surface area contributed by atoms with Gasteiger partial charge in [-0.05, 0) is 18.1 Å². The zero-order valence-electron chi connectivity index (χ0n) is 18.9. The Morgan fingerprint density at radius 2 is 1.53 bits per heavy atom. The van der Waals surface area contributed by atoms with Crippen molar-refractivity contribution in [2.75, 3.05) is 25.8 Å². The molecule has 0 N–H and O–H groups in total. The number of rotatable bonds is 16. The molecule has 0 aliphatic carbocycles. The van der Waals surface area contributed by atoms with E-state index in [-0.39, 0.29) is 0 Å². The Kier molecular flexibility index (Phi) is 11.9. The van der Waals surface area contributed by atoms with Gasteiger partial charge in [0.25, 0.3) is 0 Å². The van der Waals surface area contributed by atoms with Crippen LogP contribution in [0.25, 0.3) is 0 Å². The van der Waals surface area contributed by atoms with Crippen LogP contribution in [0, 0.1) is 0 Å². The Morgan fingerprint density at radius 1 is 0.833 bits per heavy atom. The molecule has 0 aliphatic rings. The summed E-state index contributed by atoms with van der Waals surface area (Å²) >= 11 is 0. The molecule has 1 heterocycles. The lowest BCUT2D eigenvalue weighted by Gasteiger charge is -2.26. The maximum Gasteiger partial charge on any atom is 0.168 e. The van der Waals surface area contributed by atoms with E-state index < -0.39 is 0 Å². The van der Waals surface area contributed by atoms with Crippen LogP contribution in [0.4, 0.5) is 5.69 Å². The van der Waals surface area contributed by atoms with Gasteiger partial charge in [-0.1, -0.05) is 82.2 Å². The molecule has 1 aromatic heterocycles. The zero-order valence-corrected chi connectivity index (χ0v) is 18.9. The minimum Gasteiger partial charge on any atom is -0.492 e. The third-order valence-corrected chi connectivity index (χ3v) is 5.16. The average Bonchev–Trinajstić information content (AvgIpc) is 2.78. The maximum atomic E-state index is 6.23. The van der Waals surface area contributed by atoms with E-state index in [1.54, 1.807) is 20.4 Å². The molecule has 2 rings (SSSR count). The van der Waals surface area contributed by atoms with E-state index in [4.69, 9.17) is 14.3 Å². The van der Waals surface area contributed by atoms with Gasteiger partial charge in [0.2, 0.25) is 0 Å². The van der Waals surface area contributed by atoms with Crippen molar-refractivity contribution in [1.29, 1.82) is 0 Å². The first kappa shape index (κ1) is 24.2. The maximum absolute atomic E-state index is 6.23. The van der Waals surface area contributed by atoms with E-state index in [2.05, 4.69) is 24.0 Å². The van der Waals surface area contributed by atoms with Gasteiger partial charge in [0.15, 0.2) is 5.75 Å². The van der Waals surface area contributed by atoms with Gasteiger partial charge in [-0.25, -0.2) is 5.06 Å². The first-order chi connectivity index (χ1) is 14.8. The Labute approximate surface area is 182 Å². The summed E-state index contributed by atoms with van der Waals surface area (Å²) in [6.45, 7) is 3.99. The molecule has 0 amide bonds. The molecular weight excluding hydrogens is 376 g/mol. The topological polar surface area (TPSA) is 43.8 Å². The predicted octanol–water partition coefficient (Wildman–Crippen LogP) is 6.32. The number of unbranched alkanes of at least 4 members (excludes halogenated alkanes) is 7. The average molecular weight is 415 g/mol. The van der Waals surface area contributed by atoms with Crippen LogP contribution in [0.15, 0.2) is 42.6 Å². The predicted molar refractivity (Wildman–Crippen MR) is 123 cm³/mol. The van der Waals surface area contributed by atoms with Gasteiger partial charge in [-0.3, -0.25) is 9.82 Å². The Balaban J connectivity index is 1.99. The Morgan fingerprint density at radius 3 is 2.20 bits per heavy atom. The van der Waals surface area contributed by atoms with Crippen LogP contribution >= 0.6 is 0 Å². The number of aromatic nitrogens is 1. The molecule has 0 radical (unpaired) electrons. The summed E-state index contributed by atoms with van der Waals surface area (Å²) in [6.07, 6.45) is 12.0. The molecule has 0 fully saturated rings. The molecule has 0 unspecified atom stereocenters. The summed E-state index contributed by atoms with van der Waals surface area (Å²) in [6, 6.07) is 12.2. The molecule has 2 aromatic rings. The summed E-state index contributed by atoms with van der Waals surface area (Å²) in [4.78, 5) is 10.6. The van der Waals surface area contributed by atoms with Crippen LogP contribution in [0.2, 0.25) is 0 Å². The van der Waals surface area contributed by atoms with Crippen molar-refractivity contribution in [2.24, 2.45) is 0 Å². The number of methoxy groups -OCH3 is 2. The molecular formula is C25H38N2O3. The number of benzene rings is 1. The number of pyridine rings is 1. The number of hydrogen-bond donors (Lipinski definition) is 0. The van der Waals surface area contributed by atoms with Crippen LogP contribution in [0.5, 0.6) is 5.75 Å². The molecule has 0 spiro atoms. The van der Waals surface area contributed by atoms with Crippen LogP contribution < -0.4 is 9.80 Å². The zero-order chi connectivity index (χ0) is 21.4. The monoisotopic (exact) mass is 414 g/mol. The second-order valence-electron chi connectivity index (χ2n) is 7.58. The highest BCUT2D eigenvalue weighted by molar-refractivity contribution is 5.58. The van der Waals surface area contributed by atoms with Crippen molar-refractivity contribution in [3.8, 4) is 5.75 Å². The Bertz CT molecular complexity index is 694. The molecule has 0 saturated heterocycles. The summed E-state index contributed by atoms with van der Waals surface area (Å²) in [7, 11) is 3.34. The molecule has 5 nitrogen and oxygen atoms in total. The number of ether oxygens (including phenoxy) is 2. The molecule has 1 aromatic carbocycles. The quantitative estimate of drug-likeness (QED) is 0.238. The number of hydroxylamine groups is 1. The Hall–Kier alpha value is -2.11. The molecule has 0 aliphatic heterocycles. The molecule has 5 heteroatoms. The van der Waals surface area contributed by atoms with Crippen LogP contribution in [-0.4, -0.2) is 25.7 Å². The number of hydrogen-bond acceptors (Lipinski definition) is 5. The van der Waals surface area contributed by atoms with Crippen molar-refractivity contribution in [3.63, 3.8) is 0 Å². The third-order valence-electron chi connectivity index (χ3n) is 5.16. The second kappa shape index (κ2) is 14.8. The largest absolute Gasteiger partial charge is 0.492 e. The minimum absolute atomic E-state index is 0.404. The third kappa shape index (κ3) is 8.33. The van der Waals surface area contributed by atoms with E-state index in [1.165, 1.54) is 44.9 Å². The minimum atomic E-state index is 0.404. The van der Waals surface area contributed by atoms with E-state index in [9.17, 15) is 0 Å². The summed E-state index contributed by atoms with van der Waals surface area (Å²) in [5, 5.41) is 1.96. The fourth-order valence-electron chi connectivity index (χ4n) is 3.51. The van der Waals surface area contributed by atoms with E-state index in [0.29, 0.717) is 19.0 Å². The lowest BCUT2D eigenvalue weighted by Crippen LogP contribution is -2.26. The van der Waals surface area contributed by atoms with E-state index >= 15 is 0 Å². The highest BCUT2D eigenvalue weighted by Gasteiger charge is 2.17. The van der Waals surface area contributed by atoms with E-state index in [1.807, 2.05) is 29.3 Å². The van der Waals surface area contributed by atoms with Crippen molar-refractivity contribution in [1.82, 2.24) is 4.98 Å². The lowest BCUT2D eigenvalue weighted by molar-refractivity contribution is 0.0918. The summed E-state index contributed by atoms with van der Waals surface area (Å²) < 4.78 is 11.0. The molecule has 30 heavy (non-hydrogen) atoms. The molecule has 0 atom stereocenters. The smallest absolute Gasteiger partial charge is 0.168 e. The summed E-state index contributed by atoms with van der Waals surface area (Å²) in [5.74, 6) is 0.715. The van der Waals surface area contributed by atoms with Gasteiger partial charge in [0.05, 0.1) is 20.3 Å². The fraction of sp³-hybridized carbons (Fsp3) is 0.560. The van der Waals surface area contributed by atoms with Crippen molar-refractivity contribution in [2.45, 2.75) is 71.5 Å². The van der Waals surface area contributed by atoms with Gasteiger partial charge < -0.3 is 9.47 Å². The normalized spacial score (nSPS) is 10.9. The fourth-order valence-corrected chi connectivity index (χ4v) is 3.51. The molecule has 0 bridgehead atoms. The highest BCUT2D eigenvalue weighted by Crippen LogP contribution is 2.32. The van der Waals surface area contributed by atoms with Gasteiger partial charge in [-0.15, -0.1) is 0 Å². The first-order valence-electron chi connectivity index (χ1n) is 11.2. The van der Waals surface area contributed by atoms with Gasteiger partial charge in [0, 0.05) is 19.9 Å². The van der Waals surface area contributed by atoms with Crippen LogP contribution in [0.1, 0.15) is 69.5 Å². The summed E-state index contributed by atoms with van der Waals surface area (Å²) in [5.41, 5.74) is 2.82. The van der Waals surface area contributed by atoms with Crippen molar-refractivity contribution >= 4 is 5.69 Å². The number of anilines is 1. The van der Waals surface area contributed by atoms with Crippen LogP contribution in [0.3, 0.4) is 0 Å². The standard InChI is InChI=1S/C25H38N2O3/c1-4-5-6-7-8-9-10-14-19-27(30-20-22-15-12-11-13-16-22)24-17-18-26-23(21-28-2)25(24)29-3/h11-13,15-18H,4-10,14,19-21H2,1-3H3. The SMILES string of the molecule is CCCCCCCCCCN(OCc1ccccc1)c1ccnc(COC)c1OC. The lowest BCUT2D eigenvalue weighted by atomic mass is 10.1. The highest BCUT2D eigenvalue weighted by atomic mass is 16.7. The van der Waals surface area contributed by atoms with E-state index in [0.717, 1.165) is 29.9 Å². The van der Waals surface area contributed by atoms with Gasteiger partial charge in [-0.2, -0.15) is 0 Å². The number of nitrogens with zero attached hydrogens (tertiary/aromatic N) is 2.